The molecule has 124 valence electrons. The number of aromatic nitrogens is 1. The van der Waals surface area contributed by atoms with Crippen LogP contribution in [-0.2, 0) is 27.4 Å². The number of ether oxygens (including phenoxy) is 1. The number of carbonyl (C=O) groups is 2. The van der Waals surface area contributed by atoms with E-state index in [-0.39, 0.29) is 30.8 Å². The van der Waals surface area contributed by atoms with Gasteiger partial charge >= 0.3 is 5.97 Å². The first kappa shape index (κ1) is 17.7. The van der Waals surface area contributed by atoms with Crippen molar-refractivity contribution in [3.05, 3.63) is 46.5 Å². The van der Waals surface area contributed by atoms with Gasteiger partial charge in [-0.3, -0.25) is 9.59 Å². The highest BCUT2D eigenvalue weighted by molar-refractivity contribution is 7.13. The molecule has 24 heavy (non-hydrogen) atoms. The molecular weight excluding hydrogens is 324 g/mol. The summed E-state index contributed by atoms with van der Waals surface area (Å²) < 4.78 is 5.22. The van der Waals surface area contributed by atoms with Crippen molar-refractivity contribution in [2.45, 2.75) is 26.9 Å². The molecule has 0 radical (unpaired) electrons. The third-order valence-electron chi connectivity index (χ3n) is 3.15. The zero-order valence-electron chi connectivity index (χ0n) is 13.5. The van der Waals surface area contributed by atoms with Crippen molar-refractivity contribution in [1.29, 1.82) is 0 Å². The van der Waals surface area contributed by atoms with Crippen LogP contribution in [0.2, 0.25) is 0 Å². The number of carbonyl (C=O) groups excluding carboxylic acids is 2. The minimum atomic E-state index is -0.372. The van der Waals surface area contributed by atoms with Gasteiger partial charge in [0.05, 0.1) is 12.1 Å². The van der Waals surface area contributed by atoms with Crippen molar-refractivity contribution in [1.82, 2.24) is 4.98 Å². The summed E-state index contributed by atoms with van der Waals surface area (Å²) in [5.74, 6) is 1.93. The van der Waals surface area contributed by atoms with Crippen LogP contribution in [0.25, 0.3) is 0 Å². The molecule has 0 aliphatic rings. The average molecular weight is 342 g/mol. The molecule has 1 heterocycles. The van der Waals surface area contributed by atoms with Crippen LogP contribution in [0.5, 0.6) is 0 Å². The molecule has 1 amide bonds. The van der Waals surface area contributed by atoms with Crippen molar-refractivity contribution < 1.29 is 14.3 Å². The topological polar surface area (TPSA) is 68.3 Å². The molecule has 0 spiro atoms. The van der Waals surface area contributed by atoms with Gasteiger partial charge in [-0.25, -0.2) is 4.98 Å². The monoisotopic (exact) mass is 342 g/mol. The predicted octanol–water partition coefficient (Wildman–Crippen LogP) is 3.00. The van der Waals surface area contributed by atoms with Gasteiger partial charge in [0.1, 0.15) is 6.61 Å². The van der Waals surface area contributed by atoms with Crippen LogP contribution in [0.3, 0.4) is 0 Å². The lowest BCUT2D eigenvalue weighted by Gasteiger charge is -2.04. The summed E-state index contributed by atoms with van der Waals surface area (Å²) >= 11 is 1.29. The second-order valence-corrected chi connectivity index (χ2v) is 6.32. The molecule has 0 fully saturated rings. The fraction of sp³-hybridized carbons (Fsp3) is 0.278. The number of terminal acetylenes is 1. The molecule has 0 atom stereocenters. The Morgan fingerprint density at radius 1 is 1.33 bits per heavy atom. The SMILES string of the molecule is C#Cc1ccc(COC(=O)Cc2csc(NC(=O)C(C)C)n2)cc1. The van der Waals surface area contributed by atoms with Gasteiger partial charge in [-0.05, 0) is 17.7 Å². The van der Waals surface area contributed by atoms with E-state index in [2.05, 4.69) is 16.2 Å². The largest absolute Gasteiger partial charge is 0.461 e. The number of rotatable bonds is 6. The molecule has 2 aromatic rings. The zero-order chi connectivity index (χ0) is 17.5. The normalized spacial score (nSPS) is 10.2. The summed E-state index contributed by atoms with van der Waals surface area (Å²) in [5.41, 5.74) is 2.22. The maximum Gasteiger partial charge on any atom is 0.312 e. The molecule has 2 rings (SSSR count). The highest BCUT2D eigenvalue weighted by atomic mass is 32.1. The van der Waals surface area contributed by atoms with Crippen LogP contribution in [0.4, 0.5) is 5.13 Å². The maximum atomic E-state index is 11.9. The number of nitrogens with one attached hydrogen (secondary N) is 1. The summed E-state index contributed by atoms with van der Waals surface area (Å²) in [6, 6.07) is 7.25. The fourth-order valence-electron chi connectivity index (χ4n) is 1.76. The molecule has 1 N–H and O–H groups in total. The molecule has 0 saturated heterocycles. The fourth-order valence-corrected chi connectivity index (χ4v) is 2.47. The van der Waals surface area contributed by atoms with Crippen LogP contribution in [0.15, 0.2) is 29.6 Å². The van der Waals surface area contributed by atoms with E-state index in [1.807, 2.05) is 12.1 Å². The zero-order valence-corrected chi connectivity index (χ0v) is 14.4. The smallest absolute Gasteiger partial charge is 0.312 e. The van der Waals surface area contributed by atoms with E-state index >= 15 is 0 Å². The van der Waals surface area contributed by atoms with Gasteiger partial charge in [-0.1, -0.05) is 31.9 Å². The molecule has 1 aromatic heterocycles. The van der Waals surface area contributed by atoms with Crippen molar-refractivity contribution in [2.75, 3.05) is 5.32 Å². The third kappa shape index (κ3) is 5.21. The van der Waals surface area contributed by atoms with E-state index in [1.54, 1.807) is 31.4 Å². The van der Waals surface area contributed by atoms with E-state index in [0.29, 0.717) is 10.8 Å². The van der Waals surface area contributed by atoms with Gasteiger partial charge in [0.15, 0.2) is 5.13 Å². The van der Waals surface area contributed by atoms with Gasteiger partial charge in [0.25, 0.3) is 0 Å². The van der Waals surface area contributed by atoms with Crippen molar-refractivity contribution in [3.8, 4) is 12.3 Å². The van der Waals surface area contributed by atoms with Crippen LogP contribution in [-0.4, -0.2) is 16.9 Å². The molecule has 0 aliphatic heterocycles. The lowest BCUT2D eigenvalue weighted by Crippen LogP contribution is -2.17. The Kier molecular flexibility index (Phi) is 6.10. The third-order valence-corrected chi connectivity index (χ3v) is 3.96. The van der Waals surface area contributed by atoms with Crippen LogP contribution >= 0.6 is 11.3 Å². The lowest BCUT2D eigenvalue weighted by atomic mass is 10.1. The number of thiazole rings is 1. The van der Waals surface area contributed by atoms with Gasteiger partial charge in [-0.2, -0.15) is 0 Å². The second kappa shape index (κ2) is 8.27. The summed E-state index contributed by atoms with van der Waals surface area (Å²) in [7, 11) is 0. The highest BCUT2D eigenvalue weighted by Gasteiger charge is 2.12. The highest BCUT2D eigenvalue weighted by Crippen LogP contribution is 2.17. The van der Waals surface area contributed by atoms with Crippen LogP contribution < -0.4 is 5.32 Å². The van der Waals surface area contributed by atoms with Crippen molar-refractivity contribution in [3.63, 3.8) is 0 Å². The summed E-state index contributed by atoms with van der Waals surface area (Å²) in [4.78, 5) is 27.7. The Hall–Kier alpha value is -2.65. The van der Waals surface area contributed by atoms with Gasteiger partial charge in [-0.15, -0.1) is 17.8 Å². The molecule has 0 aliphatic carbocycles. The Bertz CT molecular complexity index is 757. The number of amides is 1. The Balaban J connectivity index is 1.83. The number of nitrogens with zero attached hydrogens (tertiary/aromatic N) is 1. The number of anilines is 1. The van der Waals surface area contributed by atoms with Crippen LogP contribution in [0, 0.1) is 18.3 Å². The van der Waals surface area contributed by atoms with E-state index in [4.69, 9.17) is 11.2 Å². The molecule has 0 bridgehead atoms. The summed E-state index contributed by atoms with van der Waals surface area (Å²) in [6.45, 7) is 3.79. The first-order chi connectivity index (χ1) is 11.5. The number of hydrogen-bond acceptors (Lipinski definition) is 5. The van der Waals surface area contributed by atoms with E-state index in [1.165, 1.54) is 11.3 Å². The molecule has 5 nitrogen and oxygen atoms in total. The van der Waals surface area contributed by atoms with Crippen molar-refractivity contribution >= 4 is 28.3 Å². The molecule has 6 heteroatoms. The van der Waals surface area contributed by atoms with Crippen molar-refractivity contribution in [2.24, 2.45) is 5.92 Å². The quantitative estimate of drug-likeness (QED) is 0.647. The second-order valence-electron chi connectivity index (χ2n) is 5.47. The van der Waals surface area contributed by atoms with Gasteiger partial charge in [0.2, 0.25) is 5.91 Å². The number of esters is 1. The first-order valence-corrected chi connectivity index (χ1v) is 8.32. The first-order valence-electron chi connectivity index (χ1n) is 7.44. The maximum absolute atomic E-state index is 11.9. The minimum Gasteiger partial charge on any atom is -0.461 e. The average Bonchev–Trinajstić information content (AvgIpc) is 3.00. The Labute approximate surface area is 145 Å². The molecule has 0 saturated carbocycles. The Morgan fingerprint density at radius 3 is 2.67 bits per heavy atom. The molecule has 1 aromatic carbocycles. The van der Waals surface area contributed by atoms with Gasteiger partial charge in [0, 0.05) is 16.9 Å². The standard InChI is InChI=1S/C18H18N2O3S/c1-4-13-5-7-14(8-6-13)10-23-16(21)9-15-11-24-18(19-15)20-17(22)12(2)3/h1,5-8,11-12H,9-10H2,2-3H3,(H,19,20,22). The van der Waals surface area contributed by atoms with E-state index < -0.39 is 0 Å². The lowest BCUT2D eigenvalue weighted by molar-refractivity contribution is -0.144. The summed E-state index contributed by atoms with van der Waals surface area (Å²) in [6.07, 6.45) is 5.35. The van der Waals surface area contributed by atoms with E-state index in [9.17, 15) is 9.59 Å². The minimum absolute atomic E-state index is 0.0660. The molecular formula is C18H18N2O3S. The predicted molar refractivity (Wildman–Crippen MR) is 93.5 cm³/mol. The van der Waals surface area contributed by atoms with Gasteiger partial charge < -0.3 is 10.1 Å². The Morgan fingerprint density at radius 2 is 2.04 bits per heavy atom. The van der Waals surface area contributed by atoms with E-state index in [0.717, 1.165) is 11.1 Å². The molecule has 0 unspecified atom stereocenters. The van der Waals surface area contributed by atoms with Crippen LogP contribution in [0.1, 0.15) is 30.7 Å². The number of benzene rings is 1. The number of hydrogen-bond donors (Lipinski definition) is 1. The summed E-state index contributed by atoms with van der Waals surface area (Å²) in [5, 5.41) is 4.93.